The molecule has 3 aromatic carbocycles. The molecule has 1 aliphatic heterocycles. The maximum atomic E-state index is 13.8. The van der Waals surface area contributed by atoms with Crippen LogP contribution < -0.4 is 0 Å². The van der Waals surface area contributed by atoms with E-state index in [0.29, 0.717) is 23.1 Å². The Morgan fingerprint density at radius 3 is 2.45 bits per heavy atom. The molecule has 2 heterocycles. The molecular weight excluding hydrogens is 429 g/mol. The van der Waals surface area contributed by atoms with Crippen LogP contribution in [0.3, 0.4) is 0 Å². The van der Waals surface area contributed by atoms with Gasteiger partial charge in [-0.1, -0.05) is 59.6 Å². The molecule has 0 fully saturated rings. The van der Waals surface area contributed by atoms with Gasteiger partial charge in [0.2, 0.25) is 0 Å². The number of halogens is 2. The fourth-order valence-corrected chi connectivity index (χ4v) is 4.55. The summed E-state index contributed by atoms with van der Waals surface area (Å²) in [6.07, 6.45) is 0. The van der Waals surface area contributed by atoms with Gasteiger partial charge in [0.1, 0.15) is 11.9 Å². The van der Waals surface area contributed by atoms with Crippen molar-refractivity contribution in [1.82, 2.24) is 14.5 Å². The summed E-state index contributed by atoms with van der Waals surface area (Å²) in [6.45, 7) is 5.14. The molecule has 6 heteroatoms. The van der Waals surface area contributed by atoms with Gasteiger partial charge in [0.05, 0.1) is 27.6 Å². The van der Waals surface area contributed by atoms with Gasteiger partial charge in [-0.3, -0.25) is 4.79 Å². The number of nitrogens with zero attached hydrogens (tertiary/aromatic N) is 3. The van der Waals surface area contributed by atoms with Gasteiger partial charge in [0.15, 0.2) is 0 Å². The first-order valence-corrected chi connectivity index (χ1v) is 10.9. The number of amides is 1. The number of fused-ring (bicyclic) bond motifs is 3. The molecule has 31 heavy (non-hydrogen) atoms. The SMILES string of the molecule is Cc1cc2nc3n(c2cc1C)C(c1ccc(Cl)c(Cl)c1)C(=O)N(Cc1ccccc1)C3. The number of carbonyl (C=O) groups excluding carboxylic acids is 1. The molecule has 1 amide bonds. The van der Waals surface area contributed by atoms with Crippen LogP contribution in [0, 0.1) is 13.8 Å². The van der Waals surface area contributed by atoms with E-state index in [0.717, 1.165) is 28.0 Å². The van der Waals surface area contributed by atoms with Crippen LogP contribution in [0.15, 0.2) is 60.7 Å². The third-order valence-corrected chi connectivity index (χ3v) is 6.73. The Morgan fingerprint density at radius 2 is 1.71 bits per heavy atom. The Hall–Kier alpha value is -2.82. The van der Waals surface area contributed by atoms with E-state index in [2.05, 4.69) is 30.5 Å². The summed E-state index contributed by atoms with van der Waals surface area (Å²) in [5, 5.41) is 0.905. The molecule has 1 unspecified atom stereocenters. The molecule has 0 spiro atoms. The molecule has 5 rings (SSSR count). The van der Waals surface area contributed by atoms with E-state index in [9.17, 15) is 4.79 Å². The Morgan fingerprint density at radius 1 is 0.968 bits per heavy atom. The summed E-state index contributed by atoms with van der Waals surface area (Å²) in [4.78, 5) is 20.6. The lowest BCUT2D eigenvalue weighted by Crippen LogP contribution is -2.42. The summed E-state index contributed by atoms with van der Waals surface area (Å²) < 4.78 is 2.06. The highest BCUT2D eigenvalue weighted by Gasteiger charge is 2.36. The van der Waals surface area contributed by atoms with Crippen molar-refractivity contribution in [2.24, 2.45) is 0 Å². The van der Waals surface area contributed by atoms with Gasteiger partial charge >= 0.3 is 0 Å². The average Bonchev–Trinajstić information content (AvgIpc) is 3.08. The lowest BCUT2D eigenvalue weighted by molar-refractivity contribution is -0.136. The molecule has 0 bridgehead atoms. The monoisotopic (exact) mass is 449 g/mol. The van der Waals surface area contributed by atoms with E-state index in [-0.39, 0.29) is 5.91 Å². The second-order valence-corrected chi connectivity index (χ2v) is 8.89. The highest BCUT2D eigenvalue weighted by Crippen LogP contribution is 2.36. The molecular formula is C25H21Cl2N3O. The number of rotatable bonds is 3. The van der Waals surface area contributed by atoms with E-state index in [1.54, 1.807) is 12.1 Å². The molecule has 0 radical (unpaired) electrons. The Kier molecular flexibility index (Phi) is 4.99. The Balaban J connectivity index is 1.69. The van der Waals surface area contributed by atoms with Crippen molar-refractivity contribution in [2.45, 2.75) is 33.0 Å². The maximum absolute atomic E-state index is 13.8. The molecule has 156 valence electrons. The number of hydrogen-bond donors (Lipinski definition) is 0. The third kappa shape index (κ3) is 3.50. The van der Waals surface area contributed by atoms with Crippen LogP contribution in [0.25, 0.3) is 11.0 Å². The minimum Gasteiger partial charge on any atom is -0.329 e. The van der Waals surface area contributed by atoms with E-state index in [4.69, 9.17) is 28.2 Å². The first-order chi connectivity index (χ1) is 14.9. The normalized spacial score (nSPS) is 16.1. The summed E-state index contributed by atoms with van der Waals surface area (Å²) in [6, 6.07) is 19.1. The second-order valence-electron chi connectivity index (χ2n) is 8.08. The molecule has 0 saturated heterocycles. The first-order valence-electron chi connectivity index (χ1n) is 10.2. The zero-order valence-electron chi connectivity index (χ0n) is 17.3. The van der Waals surface area contributed by atoms with Gasteiger partial charge in [-0.2, -0.15) is 0 Å². The summed E-state index contributed by atoms with van der Waals surface area (Å²) in [7, 11) is 0. The van der Waals surface area contributed by atoms with Gasteiger partial charge in [-0.25, -0.2) is 4.98 Å². The van der Waals surface area contributed by atoms with Gasteiger partial charge < -0.3 is 9.47 Å². The van der Waals surface area contributed by atoms with E-state index in [1.165, 1.54) is 11.1 Å². The molecule has 1 atom stereocenters. The lowest BCUT2D eigenvalue weighted by atomic mass is 10.0. The number of aryl methyl sites for hydroxylation is 2. The minimum atomic E-state index is -0.547. The average molecular weight is 450 g/mol. The minimum absolute atomic E-state index is 0.0206. The van der Waals surface area contributed by atoms with Crippen LogP contribution >= 0.6 is 23.2 Å². The fourth-order valence-electron chi connectivity index (χ4n) is 4.24. The van der Waals surface area contributed by atoms with E-state index in [1.807, 2.05) is 41.3 Å². The van der Waals surface area contributed by atoms with Crippen molar-refractivity contribution in [1.29, 1.82) is 0 Å². The van der Waals surface area contributed by atoms with Crippen molar-refractivity contribution in [2.75, 3.05) is 0 Å². The highest BCUT2D eigenvalue weighted by atomic mass is 35.5. The highest BCUT2D eigenvalue weighted by molar-refractivity contribution is 6.42. The maximum Gasteiger partial charge on any atom is 0.251 e. The van der Waals surface area contributed by atoms with Crippen molar-refractivity contribution in [3.8, 4) is 0 Å². The molecule has 0 N–H and O–H groups in total. The predicted octanol–water partition coefficient (Wildman–Crippen LogP) is 6.09. The van der Waals surface area contributed by atoms with Crippen molar-refractivity contribution >= 4 is 40.1 Å². The summed E-state index contributed by atoms with van der Waals surface area (Å²) in [5.74, 6) is 0.888. The summed E-state index contributed by atoms with van der Waals surface area (Å²) in [5.41, 5.74) is 6.10. The van der Waals surface area contributed by atoms with E-state index < -0.39 is 6.04 Å². The number of aromatic nitrogens is 2. The van der Waals surface area contributed by atoms with Gasteiger partial charge in [-0.15, -0.1) is 0 Å². The number of carbonyl (C=O) groups is 1. The van der Waals surface area contributed by atoms with Crippen LogP contribution in [-0.2, 0) is 17.9 Å². The zero-order chi connectivity index (χ0) is 21.7. The molecule has 4 aromatic rings. The van der Waals surface area contributed by atoms with Gasteiger partial charge in [0.25, 0.3) is 5.91 Å². The molecule has 1 aromatic heterocycles. The van der Waals surface area contributed by atoms with Crippen molar-refractivity contribution in [3.05, 3.63) is 98.8 Å². The van der Waals surface area contributed by atoms with Crippen LogP contribution in [0.1, 0.15) is 34.1 Å². The van der Waals surface area contributed by atoms with Gasteiger partial charge in [-0.05, 0) is 60.4 Å². The van der Waals surface area contributed by atoms with Crippen LogP contribution in [0.5, 0.6) is 0 Å². The fraction of sp³-hybridized carbons (Fsp3) is 0.200. The molecule has 0 saturated carbocycles. The topological polar surface area (TPSA) is 38.1 Å². The quantitative estimate of drug-likeness (QED) is 0.379. The molecule has 0 aliphatic carbocycles. The number of hydrogen-bond acceptors (Lipinski definition) is 2. The molecule has 4 nitrogen and oxygen atoms in total. The predicted molar refractivity (Wildman–Crippen MR) is 125 cm³/mol. The smallest absolute Gasteiger partial charge is 0.251 e. The van der Waals surface area contributed by atoms with E-state index >= 15 is 0 Å². The Labute approximate surface area is 191 Å². The number of benzene rings is 3. The third-order valence-electron chi connectivity index (χ3n) is 5.99. The van der Waals surface area contributed by atoms with Crippen LogP contribution in [0.2, 0.25) is 10.0 Å². The van der Waals surface area contributed by atoms with Crippen molar-refractivity contribution in [3.63, 3.8) is 0 Å². The van der Waals surface area contributed by atoms with Crippen LogP contribution in [0.4, 0.5) is 0 Å². The van der Waals surface area contributed by atoms with Crippen LogP contribution in [-0.4, -0.2) is 20.4 Å². The largest absolute Gasteiger partial charge is 0.329 e. The lowest BCUT2D eigenvalue weighted by Gasteiger charge is -2.34. The zero-order valence-corrected chi connectivity index (χ0v) is 18.8. The second kappa shape index (κ2) is 7.70. The Bertz CT molecular complexity index is 1310. The molecule has 1 aliphatic rings. The summed E-state index contributed by atoms with van der Waals surface area (Å²) >= 11 is 12.5. The van der Waals surface area contributed by atoms with Gasteiger partial charge in [0, 0.05) is 6.54 Å². The van der Waals surface area contributed by atoms with Crippen molar-refractivity contribution < 1.29 is 4.79 Å². The first kappa shape index (κ1) is 20.1. The number of imidazole rings is 1. The standard InChI is InChI=1S/C25H21Cl2N3O/c1-15-10-21-22(11-16(15)2)30-23(28-21)14-29(13-17-6-4-3-5-7-17)25(31)24(30)18-8-9-19(26)20(27)12-18/h3-12,24H,13-14H2,1-2H3.